The van der Waals surface area contributed by atoms with E-state index in [2.05, 4.69) is 29.5 Å². The van der Waals surface area contributed by atoms with Crippen LogP contribution in [0.15, 0.2) is 29.3 Å². The number of nitrogens with one attached hydrogen (secondary N) is 2. The fraction of sp³-hybridized carbons (Fsp3) is 0.650. The van der Waals surface area contributed by atoms with Gasteiger partial charge in [0, 0.05) is 25.1 Å². The van der Waals surface area contributed by atoms with Gasteiger partial charge in [0.15, 0.2) is 5.96 Å². The number of ether oxygens (including phenoxy) is 2. The van der Waals surface area contributed by atoms with Gasteiger partial charge in [-0.25, -0.2) is 4.39 Å². The fourth-order valence-electron chi connectivity index (χ4n) is 2.85. The Hall–Kier alpha value is -1.66. The van der Waals surface area contributed by atoms with E-state index in [-0.39, 0.29) is 17.3 Å². The minimum atomic E-state index is -0.249. The Morgan fingerprint density at radius 3 is 2.92 bits per heavy atom. The Morgan fingerprint density at radius 2 is 2.23 bits per heavy atom. The van der Waals surface area contributed by atoms with Crippen LogP contribution in [0.3, 0.4) is 0 Å². The van der Waals surface area contributed by atoms with Gasteiger partial charge in [-0.3, -0.25) is 4.99 Å². The van der Waals surface area contributed by atoms with Crippen molar-refractivity contribution in [2.45, 2.75) is 45.1 Å². The van der Waals surface area contributed by atoms with Crippen LogP contribution in [-0.4, -0.2) is 51.5 Å². The van der Waals surface area contributed by atoms with Crippen LogP contribution >= 0.6 is 0 Å². The maximum Gasteiger partial charge on any atom is 0.191 e. The van der Waals surface area contributed by atoms with Crippen LogP contribution in [0.2, 0.25) is 0 Å². The lowest BCUT2D eigenvalue weighted by atomic mass is 9.85. The molecule has 1 aromatic rings. The van der Waals surface area contributed by atoms with E-state index in [0.717, 1.165) is 37.5 Å². The Kier molecular flexibility index (Phi) is 8.32. The molecule has 0 amide bonds. The fourth-order valence-corrected chi connectivity index (χ4v) is 2.85. The van der Waals surface area contributed by atoms with E-state index in [1.54, 1.807) is 12.1 Å². The van der Waals surface area contributed by atoms with Crippen LogP contribution in [0.1, 0.15) is 39.2 Å². The summed E-state index contributed by atoms with van der Waals surface area (Å²) in [5.41, 5.74) is 0.692. The zero-order valence-electron chi connectivity index (χ0n) is 16.2. The first-order valence-electron chi connectivity index (χ1n) is 9.49. The number of hydrogen-bond donors (Lipinski definition) is 2. The summed E-state index contributed by atoms with van der Waals surface area (Å²) in [5.74, 6) is 0.533. The molecule has 146 valence electrons. The summed E-state index contributed by atoms with van der Waals surface area (Å²) in [4.78, 5) is 4.66. The Bertz CT molecular complexity index is 572. The second kappa shape index (κ2) is 10.5. The van der Waals surface area contributed by atoms with Crippen LogP contribution < -0.4 is 10.6 Å². The van der Waals surface area contributed by atoms with Crippen LogP contribution in [-0.2, 0) is 14.9 Å². The van der Waals surface area contributed by atoms with Gasteiger partial charge < -0.3 is 20.1 Å². The molecule has 0 aromatic heterocycles. The van der Waals surface area contributed by atoms with Gasteiger partial charge in [0.25, 0.3) is 0 Å². The Labute approximate surface area is 156 Å². The number of guanidine groups is 1. The van der Waals surface area contributed by atoms with Gasteiger partial charge in [-0.2, -0.15) is 0 Å². The summed E-state index contributed by atoms with van der Waals surface area (Å²) in [6, 6.07) is 6.72. The van der Waals surface area contributed by atoms with Gasteiger partial charge in [-0.05, 0) is 37.5 Å². The number of halogens is 1. The van der Waals surface area contributed by atoms with E-state index >= 15 is 0 Å². The highest BCUT2D eigenvalue weighted by molar-refractivity contribution is 5.79. The molecule has 2 rings (SSSR count). The second-order valence-electron chi connectivity index (χ2n) is 7.23. The van der Waals surface area contributed by atoms with E-state index in [1.165, 1.54) is 6.07 Å². The Balaban J connectivity index is 1.79. The summed E-state index contributed by atoms with van der Waals surface area (Å²) in [7, 11) is 0. The van der Waals surface area contributed by atoms with E-state index in [1.807, 2.05) is 13.0 Å². The predicted octanol–water partition coefficient (Wildman–Crippen LogP) is 2.85. The monoisotopic (exact) mass is 365 g/mol. The predicted molar refractivity (Wildman–Crippen MR) is 103 cm³/mol. The van der Waals surface area contributed by atoms with Crippen LogP contribution in [0.25, 0.3) is 0 Å². The molecule has 0 aliphatic carbocycles. The zero-order valence-corrected chi connectivity index (χ0v) is 16.2. The molecule has 1 aliphatic heterocycles. The van der Waals surface area contributed by atoms with E-state index in [0.29, 0.717) is 26.3 Å². The summed E-state index contributed by atoms with van der Waals surface area (Å²) in [5, 5.41) is 6.52. The van der Waals surface area contributed by atoms with E-state index in [9.17, 15) is 4.39 Å². The molecule has 2 N–H and O–H groups in total. The van der Waals surface area contributed by atoms with Crippen molar-refractivity contribution in [3.8, 4) is 0 Å². The lowest BCUT2D eigenvalue weighted by Gasteiger charge is -2.24. The van der Waals surface area contributed by atoms with Crippen LogP contribution in [0.4, 0.5) is 4.39 Å². The lowest BCUT2D eigenvalue weighted by molar-refractivity contribution is 0.0191. The molecule has 5 nitrogen and oxygen atoms in total. The third kappa shape index (κ3) is 6.92. The van der Waals surface area contributed by atoms with Crippen molar-refractivity contribution in [1.29, 1.82) is 0 Å². The van der Waals surface area contributed by atoms with Crippen molar-refractivity contribution in [1.82, 2.24) is 10.6 Å². The number of benzene rings is 1. The molecular formula is C20H32FN3O2. The van der Waals surface area contributed by atoms with Crippen molar-refractivity contribution < 1.29 is 13.9 Å². The molecule has 1 unspecified atom stereocenters. The van der Waals surface area contributed by atoms with Crippen molar-refractivity contribution >= 4 is 5.96 Å². The third-order valence-corrected chi connectivity index (χ3v) is 4.45. The summed E-state index contributed by atoms with van der Waals surface area (Å²) in [6.45, 7) is 10.3. The molecule has 26 heavy (non-hydrogen) atoms. The smallest absolute Gasteiger partial charge is 0.191 e. The second-order valence-corrected chi connectivity index (χ2v) is 7.23. The zero-order chi connectivity index (χ0) is 18.8. The van der Waals surface area contributed by atoms with Crippen molar-refractivity contribution in [2.75, 3.05) is 39.5 Å². The molecule has 1 aliphatic rings. The molecule has 1 heterocycles. The van der Waals surface area contributed by atoms with E-state index < -0.39 is 0 Å². The van der Waals surface area contributed by atoms with Crippen molar-refractivity contribution in [2.24, 2.45) is 4.99 Å². The van der Waals surface area contributed by atoms with Gasteiger partial charge in [0.2, 0.25) is 0 Å². The number of nitrogens with zero attached hydrogens (tertiary/aromatic N) is 1. The average molecular weight is 365 g/mol. The summed E-state index contributed by atoms with van der Waals surface area (Å²) in [6.07, 6.45) is 2.47. The minimum absolute atomic E-state index is 0.215. The molecule has 0 bridgehead atoms. The topological polar surface area (TPSA) is 54.9 Å². The Morgan fingerprint density at radius 1 is 1.38 bits per heavy atom. The molecule has 1 atom stereocenters. The first-order valence-corrected chi connectivity index (χ1v) is 9.49. The normalized spacial score (nSPS) is 18.2. The van der Waals surface area contributed by atoms with Gasteiger partial charge in [0.05, 0.1) is 25.9 Å². The van der Waals surface area contributed by atoms with Gasteiger partial charge in [-0.1, -0.05) is 26.0 Å². The summed E-state index contributed by atoms with van der Waals surface area (Å²) >= 11 is 0. The molecule has 1 fully saturated rings. The maximum absolute atomic E-state index is 13.5. The highest BCUT2D eigenvalue weighted by atomic mass is 19.1. The van der Waals surface area contributed by atoms with E-state index in [4.69, 9.17) is 9.47 Å². The first-order chi connectivity index (χ1) is 12.5. The van der Waals surface area contributed by atoms with Gasteiger partial charge in [0.1, 0.15) is 5.82 Å². The average Bonchev–Trinajstić information content (AvgIpc) is 3.13. The highest BCUT2D eigenvalue weighted by Crippen LogP contribution is 2.24. The maximum atomic E-state index is 13.5. The summed E-state index contributed by atoms with van der Waals surface area (Å²) < 4.78 is 24.7. The van der Waals surface area contributed by atoms with Crippen LogP contribution in [0.5, 0.6) is 0 Å². The molecule has 1 saturated heterocycles. The molecule has 0 radical (unpaired) electrons. The van der Waals surface area contributed by atoms with Crippen molar-refractivity contribution in [3.63, 3.8) is 0 Å². The molecular weight excluding hydrogens is 333 g/mol. The quantitative estimate of drug-likeness (QED) is 0.401. The number of hydrogen-bond acceptors (Lipinski definition) is 3. The van der Waals surface area contributed by atoms with Gasteiger partial charge in [-0.15, -0.1) is 0 Å². The van der Waals surface area contributed by atoms with Gasteiger partial charge >= 0.3 is 0 Å². The largest absolute Gasteiger partial charge is 0.377 e. The molecule has 0 saturated carbocycles. The minimum Gasteiger partial charge on any atom is -0.377 e. The SMILES string of the molecule is CCNC(=NCC(C)(C)c1cccc(F)c1)NCCOCC1CCCO1. The number of aliphatic imine (C=N–C) groups is 1. The molecule has 6 heteroatoms. The standard InChI is InChI=1S/C20H32FN3O2/c1-4-22-19(23-10-12-25-14-18-9-6-11-26-18)24-15-20(2,3)16-7-5-8-17(21)13-16/h5,7-8,13,18H,4,6,9-12,14-15H2,1-3H3,(H2,22,23,24). The third-order valence-electron chi connectivity index (χ3n) is 4.45. The number of rotatable bonds is 9. The highest BCUT2D eigenvalue weighted by Gasteiger charge is 2.21. The molecule has 0 spiro atoms. The lowest BCUT2D eigenvalue weighted by Crippen LogP contribution is -2.40. The first kappa shape index (κ1) is 20.6. The van der Waals surface area contributed by atoms with Crippen molar-refractivity contribution in [3.05, 3.63) is 35.6 Å². The molecule has 1 aromatic carbocycles. The van der Waals surface area contributed by atoms with Crippen LogP contribution in [0, 0.1) is 5.82 Å².